The van der Waals surface area contributed by atoms with Crippen LogP contribution in [0.25, 0.3) is 10.9 Å². The van der Waals surface area contributed by atoms with Gasteiger partial charge in [-0.1, -0.05) is 24.6 Å². The van der Waals surface area contributed by atoms with E-state index < -0.39 is 0 Å². The van der Waals surface area contributed by atoms with Crippen LogP contribution in [0.15, 0.2) is 24.4 Å². The molecule has 4 nitrogen and oxygen atoms in total. The van der Waals surface area contributed by atoms with Gasteiger partial charge in [0.2, 0.25) is 5.91 Å². The first-order valence-corrected chi connectivity index (χ1v) is 7.72. The Balaban J connectivity index is 1.93. The Morgan fingerprint density at radius 2 is 2.29 bits per heavy atom. The topological polar surface area (TPSA) is 60.1 Å². The monoisotopic (exact) mass is 305 g/mol. The summed E-state index contributed by atoms with van der Waals surface area (Å²) in [6, 6.07) is 6.57. The first-order chi connectivity index (χ1) is 10.0. The molecule has 0 bridgehead atoms. The summed E-state index contributed by atoms with van der Waals surface area (Å²) >= 11 is 6.12. The van der Waals surface area contributed by atoms with Crippen molar-refractivity contribution < 1.29 is 4.79 Å². The Kier molecular flexibility index (Phi) is 3.91. The Hall–Kier alpha value is -1.52. The van der Waals surface area contributed by atoms with Crippen LogP contribution in [0.5, 0.6) is 0 Å². The highest BCUT2D eigenvalue weighted by atomic mass is 35.5. The van der Waals surface area contributed by atoms with Crippen LogP contribution < -0.4 is 11.1 Å². The van der Waals surface area contributed by atoms with E-state index in [1.807, 2.05) is 25.1 Å². The Bertz CT molecular complexity index is 675. The maximum absolute atomic E-state index is 11.3. The number of primary amides is 1. The van der Waals surface area contributed by atoms with Crippen molar-refractivity contribution in [1.29, 1.82) is 0 Å². The summed E-state index contributed by atoms with van der Waals surface area (Å²) in [4.78, 5) is 11.3. The van der Waals surface area contributed by atoms with Crippen LogP contribution in [0.4, 0.5) is 0 Å². The fraction of sp³-hybridized carbons (Fsp3) is 0.438. The zero-order valence-corrected chi connectivity index (χ0v) is 12.9. The third-order valence-electron chi connectivity index (χ3n) is 4.04. The van der Waals surface area contributed by atoms with Gasteiger partial charge in [0.25, 0.3) is 0 Å². The van der Waals surface area contributed by atoms with Gasteiger partial charge in [-0.3, -0.25) is 4.79 Å². The molecule has 1 saturated carbocycles. The second kappa shape index (κ2) is 5.70. The second-order valence-electron chi connectivity index (χ2n) is 5.93. The quantitative estimate of drug-likeness (QED) is 0.862. The molecule has 1 aromatic heterocycles. The minimum absolute atomic E-state index is 0.205. The van der Waals surface area contributed by atoms with E-state index in [0.29, 0.717) is 17.6 Å². The summed E-state index contributed by atoms with van der Waals surface area (Å²) in [6.07, 6.45) is 4.64. The number of rotatable bonds is 6. The predicted molar refractivity (Wildman–Crippen MR) is 85.2 cm³/mol. The van der Waals surface area contributed by atoms with Gasteiger partial charge in [-0.15, -0.1) is 0 Å². The Morgan fingerprint density at radius 1 is 1.52 bits per heavy atom. The van der Waals surface area contributed by atoms with Crippen LogP contribution in [-0.4, -0.2) is 16.5 Å². The highest BCUT2D eigenvalue weighted by molar-refractivity contribution is 6.31. The molecule has 0 saturated heterocycles. The largest absolute Gasteiger partial charge is 0.369 e. The summed E-state index contributed by atoms with van der Waals surface area (Å²) in [5.41, 5.74) is 7.68. The maximum Gasteiger partial charge on any atom is 0.222 e. The molecule has 1 aliphatic carbocycles. The van der Waals surface area contributed by atoms with Crippen molar-refractivity contribution in [1.82, 2.24) is 9.88 Å². The molecule has 1 heterocycles. The molecule has 1 unspecified atom stereocenters. The summed E-state index contributed by atoms with van der Waals surface area (Å²) in [5.74, 6) is -0.486. The van der Waals surface area contributed by atoms with E-state index in [4.69, 9.17) is 17.3 Å². The number of amides is 1. The number of carbonyl (C=O) groups is 1. The lowest BCUT2D eigenvalue weighted by molar-refractivity contribution is -0.121. The molecule has 3 rings (SSSR count). The first kappa shape index (κ1) is 14.4. The van der Waals surface area contributed by atoms with Crippen LogP contribution in [0.1, 0.15) is 25.3 Å². The fourth-order valence-electron chi connectivity index (χ4n) is 2.56. The SMILES string of the molecule is CC(Cn1cc(CNC2CC2)c2ccc(Cl)cc21)C(N)=O. The molecule has 5 heteroatoms. The molecular formula is C16H20ClN3O. The van der Waals surface area contributed by atoms with E-state index >= 15 is 0 Å². The second-order valence-corrected chi connectivity index (χ2v) is 6.36. The molecule has 2 aromatic rings. The Labute approximate surface area is 129 Å². The molecule has 0 radical (unpaired) electrons. The van der Waals surface area contributed by atoms with Crippen molar-refractivity contribution in [2.75, 3.05) is 0 Å². The molecular weight excluding hydrogens is 286 g/mol. The van der Waals surface area contributed by atoms with Crippen LogP contribution in [0, 0.1) is 5.92 Å². The molecule has 1 atom stereocenters. The minimum atomic E-state index is -0.281. The van der Waals surface area contributed by atoms with E-state index in [0.717, 1.165) is 12.1 Å². The summed E-state index contributed by atoms with van der Waals surface area (Å²) in [6.45, 7) is 3.27. The molecule has 1 amide bonds. The average Bonchev–Trinajstić information content (AvgIpc) is 3.21. The zero-order chi connectivity index (χ0) is 15.0. The maximum atomic E-state index is 11.3. The molecule has 21 heavy (non-hydrogen) atoms. The summed E-state index contributed by atoms with van der Waals surface area (Å²) in [7, 11) is 0. The number of nitrogens with two attached hydrogens (primary N) is 1. The number of carbonyl (C=O) groups excluding carboxylic acids is 1. The lowest BCUT2D eigenvalue weighted by atomic mass is 10.1. The highest BCUT2D eigenvalue weighted by Gasteiger charge is 2.21. The number of fused-ring (bicyclic) bond motifs is 1. The van der Waals surface area contributed by atoms with Gasteiger partial charge in [-0.2, -0.15) is 0 Å². The standard InChI is InChI=1S/C16H20ClN3O/c1-10(16(18)21)8-20-9-11(7-19-13-3-4-13)14-5-2-12(17)6-15(14)20/h2,5-6,9-10,13,19H,3-4,7-8H2,1H3,(H2,18,21). The van der Waals surface area contributed by atoms with Crippen molar-refractivity contribution in [2.45, 2.75) is 38.9 Å². The van der Waals surface area contributed by atoms with Crippen LogP contribution in [0.3, 0.4) is 0 Å². The van der Waals surface area contributed by atoms with Crippen molar-refractivity contribution in [3.8, 4) is 0 Å². The normalized spacial score (nSPS) is 16.3. The molecule has 112 valence electrons. The molecule has 1 aliphatic rings. The smallest absolute Gasteiger partial charge is 0.222 e. The number of hydrogen-bond donors (Lipinski definition) is 2. The van der Waals surface area contributed by atoms with Crippen molar-refractivity contribution in [3.63, 3.8) is 0 Å². The highest BCUT2D eigenvalue weighted by Crippen LogP contribution is 2.27. The number of nitrogens with zero attached hydrogens (tertiary/aromatic N) is 1. The minimum Gasteiger partial charge on any atom is -0.369 e. The Morgan fingerprint density at radius 3 is 2.95 bits per heavy atom. The molecule has 1 aromatic carbocycles. The van der Waals surface area contributed by atoms with Gasteiger partial charge in [0.1, 0.15) is 0 Å². The number of nitrogens with one attached hydrogen (secondary N) is 1. The number of halogens is 1. The van der Waals surface area contributed by atoms with Gasteiger partial charge in [0.05, 0.1) is 5.92 Å². The van der Waals surface area contributed by atoms with Gasteiger partial charge in [0.15, 0.2) is 0 Å². The zero-order valence-electron chi connectivity index (χ0n) is 12.1. The summed E-state index contributed by atoms with van der Waals surface area (Å²) in [5, 5.41) is 5.42. The average molecular weight is 306 g/mol. The van der Waals surface area contributed by atoms with E-state index in [-0.39, 0.29) is 11.8 Å². The van der Waals surface area contributed by atoms with Crippen LogP contribution >= 0.6 is 11.6 Å². The van der Waals surface area contributed by atoms with Crippen LogP contribution in [-0.2, 0) is 17.9 Å². The van der Waals surface area contributed by atoms with E-state index in [2.05, 4.69) is 16.1 Å². The third-order valence-corrected chi connectivity index (χ3v) is 4.28. The van der Waals surface area contributed by atoms with Gasteiger partial charge < -0.3 is 15.6 Å². The molecule has 0 aliphatic heterocycles. The van der Waals surface area contributed by atoms with Gasteiger partial charge >= 0.3 is 0 Å². The molecule has 3 N–H and O–H groups in total. The molecule has 0 spiro atoms. The van der Waals surface area contributed by atoms with Gasteiger partial charge in [-0.25, -0.2) is 0 Å². The van der Waals surface area contributed by atoms with Gasteiger partial charge in [0, 0.05) is 41.3 Å². The van der Waals surface area contributed by atoms with Crippen molar-refractivity contribution >= 4 is 28.4 Å². The first-order valence-electron chi connectivity index (χ1n) is 7.34. The van der Waals surface area contributed by atoms with E-state index in [9.17, 15) is 4.79 Å². The fourth-order valence-corrected chi connectivity index (χ4v) is 2.73. The number of hydrogen-bond acceptors (Lipinski definition) is 2. The van der Waals surface area contributed by atoms with E-state index in [1.165, 1.54) is 23.8 Å². The predicted octanol–water partition coefficient (Wildman–Crippen LogP) is 2.67. The van der Waals surface area contributed by atoms with E-state index in [1.54, 1.807) is 0 Å². The van der Waals surface area contributed by atoms with Crippen LogP contribution in [0.2, 0.25) is 5.02 Å². The molecule has 1 fully saturated rings. The lowest BCUT2D eigenvalue weighted by Crippen LogP contribution is -2.24. The summed E-state index contributed by atoms with van der Waals surface area (Å²) < 4.78 is 2.08. The number of benzene rings is 1. The number of aromatic nitrogens is 1. The van der Waals surface area contributed by atoms with Crippen molar-refractivity contribution in [3.05, 3.63) is 35.0 Å². The lowest BCUT2D eigenvalue weighted by Gasteiger charge is -2.10. The van der Waals surface area contributed by atoms with Gasteiger partial charge in [-0.05, 0) is 30.5 Å². The third kappa shape index (κ3) is 3.22. The van der Waals surface area contributed by atoms with Crippen molar-refractivity contribution in [2.24, 2.45) is 11.7 Å².